The van der Waals surface area contributed by atoms with Crippen molar-refractivity contribution in [3.63, 3.8) is 0 Å². The van der Waals surface area contributed by atoms with Crippen LogP contribution in [0.5, 0.6) is 5.75 Å². The van der Waals surface area contributed by atoms with Crippen LogP contribution in [0.2, 0.25) is 0 Å². The Bertz CT molecular complexity index is 1190. The topological polar surface area (TPSA) is 116 Å². The fraction of sp³-hybridized carbons (Fsp3) is 0.333. The van der Waals surface area contributed by atoms with Crippen molar-refractivity contribution in [2.24, 2.45) is 0 Å². The first-order valence-electron chi connectivity index (χ1n) is 11.0. The summed E-state index contributed by atoms with van der Waals surface area (Å²) >= 11 is 0. The van der Waals surface area contributed by atoms with Gasteiger partial charge in [0.2, 0.25) is 5.95 Å². The van der Waals surface area contributed by atoms with Gasteiger partial charge in [0.1, 0.15) is 5.75 Å². The number of nitrogens with zero attached hydrogens (tertiary/aromatic N) is 6. The fourth-order valence-corrected chi connectivity index (χ4v) is 4.65. The van der Waals surface area contributed by atoms with Crippen LogP contribution < -0.4 is 20.9 Å². The summed E-state index contributed by atoms with van der Waals surface area (Å²) in [5, 5.41) is 21.6. The van der Waals surface area contributed by atoms with Gasteiger partial charge >= 0.3 is 0 Å². The molecule has 0 aliphatic carbocycles. The number of benzene rings is 1. The molecule has 2 aromatic heterocycles. The zero-order valence-electron chi connectivity index (χ0n) is 18.4. The minimum atomic E-state index is 0.170. The standard InChI is InChI=1S/C24H26N8O/c1-26-10-4-5-16-12-27-24(28-13-16)32-17-8-9-18(32)15-31(14-17)21-11-20(29-30-23(21)25)19-6-2-3-7-22(19)33/h2-3,6-7,11-13,17-18,26,33H,8-10,14-15H2,1H3,(H2,25,30). The molecule has 2 unspecified atom stereocenters. The van der Waals surface area contributed by atoms with E-state index in [1.807, 2.05) is 25.2 Å². The van der Waals surface area contributed by atoms with E-state index in [-0.39, 0.29) is 17.8 Å². The number of nitrogens with two attached hydrogens (primary N) is 1. The smallest absolute Gasteiger partial charge is 0.225 e. The number of hydrogen-bond donors (Lipinski definition) is 3. The second kappa shape index (κ2) is 8.92. The Morgan fingerprint density at radius 1 is 1.12 bits per heavy atom. The number of hydrogen-bond acceptors (Lipinski definition) is 9. The molecule has 0 spiro atoms. The molecule has 9 nitrogen and oxygen atoms in total. The molecule has 2 bridgehead atoms. The van der Waals surface area contributed by atoms with Crippen molar-refractivity contribution in [1.82, 2.24) is 25.5 Å². The Balaban J connectivity index is 1.36. The molecule has 0 saturated carbocycles. The predicted octanol–water partition coefficient (Wildman–Crippen LogP) is 1.65. The van der Waals surface area contributed by atoms with Crippen LogP contribution in [-0.4, -0.2) is 64.0 Å². The number of nitrogen functional groups attached to an aromatic ring is 1. The van der Waals surface area contributed by atoms with Crippen molar-refractivity contribution in [3.8, 4) is 28.8 Å². The molecule has 0 amide bonds. The summed E-state index contributed by atoms with van der Waals surface area (Å²) in [7, 11) is 1.87. The lowest BCUT2D eigenvalue weighted by atomic mass is 10.1. The highest BCUT2D eigenvalue weighted by molar-refractivity contribution is 5.74. The Kier molecular flexibility index (Phi) is 5.67. The highest BCUT2D eigenvalue weighted by Gasteiger charge is 2.42. The van der Waals surface area contributed by atoms with Crippen LogP contribution >= 0.6 is 0 Å². The van der Waals surface area contributed by atoms with Gasteiger partial charge in [0.05, 0.1) is 23.5 Å². The van der Waals surface area contributed by atoms with Gasteiger partial charge in [-0.3, -0.25) is 0 Å². The Hall–Kier alpha value is -3.90. The van der Waals surface area contributed by atoms with E-state index >= 15 is 0 Å². The van der Waals surface area contributed by atoms with Crippen LogP contribution in [0.25, 0.3) is 11.3 Å². The lowest BCUT2D eigenvalue weighted by Gasteiger charge is -2.42. The number of nitrogens with one attached hydrogen (secondary N) is 1. The van der Waals surface area contributed by atoms with E-state index in [0.717, 1.165) is 43.1 Å². The molecule has 2 saturated heterocycles. The SMILES string of the molecule is CNCC#Cc1cnc(N2C3CCC2CN(c2cc(-c4ccccc4O)nnc2N)C3)nc1. The normalized spacial score (nSPS) is 19.3. The molecule has 3 aromatic rings. The molecule has 5 rings (SSSR count). The minimum Gasteiger partial charge on any atom is -0.507 e. The maximum Gasteiger partial charge on any atom is 0.225 e. The van der Waals surface area contributed by atoms with Gasteiger partial charge in [-0.1, -0.05) is 24.0 Å². The first-order chi connectivity index (χ1) is 16.1. The Morgan fingerprint density at radius 3 is 2.55 bits per heavy atom. The van der Waals surface area contributed by atoms with Gasteiger partial charge in [-0.15, -0.1) is 10.2 Å². The highest BCUT2D eigenvalue weighted by atomic mass is 16.3. The van der Waals surface area contributed by atoms with Crippen molar-refractivity contribution >= 4 is 17.5 Å². The molecule has 168 valence electrons. The average molecular weight is 443 g/mol. The largest absolute Gasteiger partial charge is 0.507 e. The van der Waals surface area contributed by atoms with E-state index < -0.39 is 0 Å². The summed E-state index contributed by atoms with van der Waals surface area (Å²) in [6.45, 7) is 2.21. The molecule has 1 aromatic carbocycles. The summed E-state index contributed by atoms with van der Waals surface area (Å²) in [6.07, 6.45) is 5.72. The zero-order chi connectivity index (χ0) is 22.8. The monoisotopic (exact) mass is 442 g/mol. The average Bonchev–Trinajstić information content (AvgIpc) is 3.09. The maximum absolute atomic E-state index is 10.2. The molecule has 2 aliphatic heterocycles. The van der Waals surface area contributed by atoms with Crippen LogP contribution in [-0.2, 0) is 0 Å². The van der Waals surface area contributed by atoms with Gasteiger partial charge in [0.25, 0.3) is 0 Å². The predicted molar refractivity (Wildman–Crippen MR) is 128 cm³/mol. The van der Waals surface area contributed by atoms with Crippen molar-refractivity contribution in [3.05, 3.63) is 48.3 Å². The number of rotatable bonds is 4. The lowest BCUT2D eigenvalue weighted by molar-refractivity contribution is 0.477. The Labute approximate surface area is 192 Å². The van der Waals surface area contributed by atoms with E-state index in [0.29, 0.717) is 23.6 Å². The van der Waals surface area contributed by atoms with Crippen LogP contribution in [0.4, 0.5) is 17.5 Å². The summed E-state index contributed by atoms with van der Waals surface area (Å²) in [5.41, 5.74) is 9.12. The number of phenols is 1. The van der Waals surface area contributed by atoms with E-state index in [1.165, 1.54) is 0 Å². The quantitative estimate of drug-likeness (QED) is 0.519. The van der Waals surface area contributed by atoms with E-state index in [2.05, 4.69) is 47.1 Å². The molecule has 9 heteroatoms. The lowest BCUT2D eigenvalue weighted by Crippen LogP contribution is -2.54. The summed E-state index contributed by atoms with van der Waals surface area (Å²) in [5.74, 6) is 7.40. The van der Waals surface area contributed by atoms with Crippen LogP contribution in [0, 0.1) is 11.8 Å². The highest BCUT2D eigenvalue weighted by Crippen LogP contribution is 2.37. The summed E-state index contributed by atoms with van der Waals surface area (Å²) in [6, 6.07) is 9.60. The number of fused-ring (bicyclic) bond motifs is 2. The second-order valence-corrected chi connectivity index (χ2v) is 8.32. The zero-order valence-corrected chi connectivity index (χ0v) is 18.4. The molecular weight excluding hydrogens is 416 g/mol. The van der Waals surface area contributed by atoms with Crippen molar-refractivity contribution in [1.29, 1.82) is 0 Å². The van der Waals surface area contributed by atoms with Crippen molar-refractivity contribution < 1.29 is 5.11 Å². The number of aromatic hydroxyl groups is 1. The van der Waals surface area contributed by atoms with Gasteiger partial charge in [-0.05, 0) is 38.1 Å². The Morgan fingerprint density at radius 2 is 1.85 bits per heavy atom. The number of aromatic nitrogens is 4. The molecule has 4 N–H and O–H groups in total. The molecule has 0 radical (unpaired) electrons. The minimum absolute atomic E-state index is 0.170. The third-order valence-electron chi connectivity index (χ3n) is 6.17. The molecule has 2 aliphatic rings. The van der Waals surface area contributed by atoms with Crippen LogP contribution in [0.3, 0.4) is 0 Å². The first kappa shape index (κ1) is 21.0. The third kappa shape index (κ3) is 4.13. The molecular formula is C24H26N8O. The fourth-order valence-electron chi connectivity index (χ4n) is 4.65. The van der Waals surface area contributed by atoms with Gasteiger partial charge in [0, 0.05) is 43.1 Å². The van der Waals surface area contributed by atoms with Gasteiger partial charge in [-0.2, -0.15) is 0 Å². The van der Waals surface area contributed by atoms with Crippen molar-refractivity contribution in [2.75, 3.05) is 42.2 Å². The third-order valence-corrected chi connectivity index (χ3v) is 6.17. The van der Waals surface area contributed by atoms with Crippen molar-refractivity contribution in [2.45, 2.75) is 24.9 Å². The first-order valence-corrected chi connectivity index (χ1v) is 11.0. The van der Waals surface area contributed by atoms with E-state index in [1.54, 1.807) is 24.5 Å². The second-order valence-electron chi connectivity index (χ2n) is 8.32. The molecule has 2 atom stereocenters. The van der Waals surface area contributed by atoms with Crippen LogP contribution in [0.15, 0.2) is 42.7 Å². The molecule has 33 heavy (non-hydrogen) atoms. The number of anilines is 3. The number of phenolic OH excluding ortho intramolecular Hbond substituents is 1. The van der Waals surface area contributed by atoms with Crippen LogP contribution in [0.1, 0.15) is 18.4 Å². The van der Waals surface area contributed by atoms with E-state index in [4.69, 9.17) is 5.73 Å². The number of piperazine rings is 1. The number of para-hydroxylation sites is 1. The maximum atomic E-state index is 10.2. The summed E-state index contributed by atoms with van der Waals surface area (Å²) < 4.78 is 0. The molecule has 2 fully saturated rings. The van der Waals surface area contributed by atoms with Gasteiger partial charge in [0.15, 0.2) is 5.82 Å². The summed E-state index contributed by atoms with van der Waals surface area (Å²) in [4.78, 5) is 13.8. The van der Waals surface area contributed by atoms with E-state index in [9.17, 15) is 5.11 Å². The van der Waals surface area contributed by atoms with Gasteiger partial charge < -0.3 is 26.0 Å². The van der Waals surface area contributed by atoms with Gasteiger partial charge in [-0.25, -0.2) is 9.97 Å². The molecule has 4 heterocycles.